The molecule has 11 heteroatoms. The highest BCUT2D eigenvalue weighted by molar-refractivity contribution is 7.99. The predicted molar refractivity (Wildman–Crippen MR) is 138 cm³/mol. The summed E-state index contributed by atoms with van der Waals surface area (Å²) in [7, 11) is 1.36. The molecule has 0 bridgehead atoms. The molecule has 0 saturated heterocycles. The maximum atomic E-state index is 13.7. The molecule has 3 heterocycles. The Balaban J connectivity index is 1.48. The van der Waals surface area contributed by atoms with E-state index in [9.17, 15) is 19.7 Å². The van der Waals surface area contributed by atoms with Crippen LogP contribution in [0.15, 0.2) is 52.6 Å². The standard InChI is InChI=1S/C27H24FN7O2S/c1-16-23(14-32-35(16)22-6-4-21(5-7-22)33-27(36)37-2)18-10-25(26-19(12-30)13-31-34(26)15-18)38-24-8-3-20(28)9-17(24)11-29/h3,8-10,13-15,21-22H,4-7H2,1-2H3,(H,33,36). The minimum Gasteiger partial charge on any atom is -0.453 e. The zero-order valence-electron chi connectivity index (χ0n) is 20.8. The summed E-state index contributed by atoms with van der Waals surface area (Å²) in [5, 5.41) is 31.1. The molecule has 1 aliphatic rings. The minimum atomic E-state index is -0.481. The van der Waals surface area contributed by atoms with Gasteiger partial charge in [-0.15, -0.1) is 0 Å². The van der Waals surface area contributed by atoms with Gasteiger partial charge in [0.2, 0.25) is 0 Å². The van der Waals surface area contributed by atoms with Crippen LogP contribution in [-0.2, 0) is 4.74 Å². The summed E-state index contributed by atoms with van der Waals surface area (Å²) in [6.07, 6.45) is 8.23. The van der Waals surface area contributed by atoms with Gasteiger partial charge in [0.05, 0.1) is 42.2 Å². The maximum absolute atomic E-state index is 13.7. The van der Waals surface area contributed by atoms with Crippen LogP contribution in [0.5, 0.6) is 0 Å². The summed E-state index contributed by atoms with van der Waals surface area (Å²) < 4.78 is 22.1. The number of alkyl carbamates (subject to hydrolysis) is 1. The second-order valence-corrected chi connectivity index (χ2v) is 10.2. The SMILES string of the molecule is COC(=O)NC1CCC(n2ncc(-c3cc(Sc4ccc(F)cc4C#N)c4c(C#N)cnn4c3)c2C)CC1. The number of nitrogens with one attached hydrogen (secondary N) is 1. The molecule has 0 spiro atoms. The summed E-state index contributed by atoms with van der Waals surface area (Å²) in [5.74, 6) is -0.481. The molecule has 38 heavy (non-hydrogen) atoms. The Labute approximate surface area is 222 Å². The quantitative estimate of drug-likeness (QED) is 0.368. The van der Waals surface area contributed by atoms with Crippen molar-refractivity contribution in [1.82, 2.24) is 24.7 Å². The zero-order chi connectivity index (χ0) is 26.8. The fourth-order valence-electron chi connectivity index (χ4n) is 4.95. The number of nitrogens with zero attached hydrogens (tertiary/aromatic N) is 6. The van der Waals surface area contributed by atoms with Crippen molar-refractivity contribution in [2.24, 2.45) is 0 Å². The van der Waals surface area contributed by atoms with E-state index >= 15 is 0 Å². The molecule has 9 nitrogen and oxygen atoms in total. The van der Waals surface area contributed by atoms with Gasteiger partial charge in [-0.2, -0.15) is 20.7 Å². The number of rotatable bonds is 5. The van der Waals surface area contributed by atoms with Crippen molar-refractivity contribution in [3.05, 3.63) is 65.5 Å². The molecule has 1 aliphatic carbocycles. The Bertz CT molecular complexity index is 1610. The molecule has 5 rings (SSSR count). The Morgan fingerprint density at radius 3 is 2.58 bits per heavy atom. The molecule has 0 unspecified atom stereocenters. The second kappa shape index (κ2) is 10.6. The average Bonchev–Trinajstić information content (AvgIpc) is 3.53. The second-order valence-electron chi connectivity index (χ2n) is 9.14. The summed E-state index contributed by atoms with van der Waals surface area (Å²) in [6.45, 7) is 2.02. The first kappa shape index (κ1) is 25.3. The van der Waals surface area contributed by atoms with Gasteiger partial charge < -0.3 is 10.1 Å². The zero-order valence-corrected chi connectivity index (χ0v) is 21.6. The molecule has 192 valence electrons. The number of carbonyl (C=O) groups excluding carboxylic acids is 1. The first-order valence-electron chi connectivity index (χ1n) is 12.1. The van der Waals surface area contributed by atoms with Gasteiger partial charge in [-0.05, 0) is 56.9 Å². The number of nitriles is 2. The Kier molecular flexibility index (Phi) is 7.03. The van der Waals surface area contributed by atoms with Crippen LogP contribution < -0.4 is 5.32 Å². The van der Waals surface area contributed by atoms with Crippen LogP contribution >= 0.6 is 11.8 Å². The van der Waals surface area contributed by atoms with Crippen LogP contribution in [0, 0.1) is 35.4 Å². The third-order valence-corrected chi connectivity index (χ3v) is 7.99. The lowest BCUT2D eigenvalue weighted by Gasteiger charge is -2.29. The number of hydrogen-bond acceptors (Lipinski definition) is 7. The van der Waals surface area contributed by atoms with Gasteiger partial charge in [0.15, 0.2) is 0 Å². The summed E-state index contributed by atoms with van der Waals surface area (Å²) in [6, 6.07) is 10.6. The maximum Gasteiger partial charge on any atom is 0.407 e. The number of benzene rings is 1. The fourth-order valence-corrected chi connectivity index (χ4v) is 6.03. The molecule has 1 fully saturated rings. The number of aromatic nitrogens is 4. The number of fused-ring (bicyclic) bond motifs is 1. The van der Waals surface area contributed by atoms with Crippen LogP contribution in [0.4, 0.5) is 9.18 Å². The summed E-state index contributed by atoms with van der Waals surface area (Å²) in [4.78, 5) is 12.9. The number of halogens is 1. The van der Waals surface area contributed by atoms with Gasteiger partial charge in [0.1, 0.15) is 18.0 Å². The van der Waals surface area contributed by atoms with Gasteiger partial charge in [-0.3, -0.25) is 4.68 Å². The minimum absolute atomic E-state index is 0.0925. The van der Waals surface area contributed by atoms with E-state index in [1.807, 2.05) is 36.1 Å². The molecule has 1 saturated carbocycles. The van der Waals surface area contributed by atoms with E-state index in [-0.39, 0.29) is 17.6 Å². The van der Waals surface area contributed by atoms with Crippen molar-refractivity contribution in [1.29, 1.82) is 10.5 Å². The van der Waals surface area contributed by atoms with Crippen molar-refractivity contribution < 1.29 is 13.9 Å². The van der Waals surface area contributed by atoms with Gasteiger partial charge >= 0.3 is 6.09 Å². The molecular weight excluding hydrogens is 505 g/mol. The van der Waals surface area contributed by atoms with Crippen LogP contribution in [0.2, 0.25) is 0 Å². The topological polar surface area (TPSA) is 121 Å². The largest absolute Gasteiger partial charge is 0.453 e. The highest BCUT2D eigenvalue weighted by Crippen LogP contribution is 2.39. The molecular formula is C27H24FN7O2S. The fraction of sp³-hybridized carbons (Fsp3) is 0.296. The van der Waals surface area contributed by atoms with E-state index < -0.39 is 11.9 Å². The number of carbonyl (C=O) groups is 1. The Morgan fingerprint density at radius 1 is 1.11 bits per heavy atom. The monoisotopic (exact) mass is 529 g/mol. The first-order chi connectivity index (χ1) is 18.4. The first-order valence-corrected chi connectivity index (χ1v) is 12.9. The Morgan fingerprint density at radius 2 is 1.87 bits per heavy atom. The van der Waals surface area contributed by atoms with E-state index in [2.05, 4.69) is 16.5 Å². The molecule has 4 aromatic rings. The highest BCUT2D eigenvalue weighted by Gasteiger charge is 2.26. The van der Waals surface area contributed by atoms with Gasteiger partial charge in [0.25, 0.3) is 0 Å². The van der Waals surface area contributed by atoms with Gasteiger partial charge in [0, 0.05) is 38.9 Å². The van der Waals surface area contributed by atoms with E-state index in [0.29, 0.717) is 16.0 Å². The molecule has 0 aliphatic heterocycles. The van der Waals surface area contributed by atoms with E-state index in [4.69, 9.17) is 9.84 Å². The van der Waals surface area contributed by atoms with Crippen molar-refractivity contribution in [2.75, 3.05) is 7.11 Å². The number of amides is 1. The molecule has 0 atom stereocenters. The lowest BCUT2D eigenvalue weighted by Crippen LogP contribution is -2.38. The van der Waals surface area contributed by atoms with E-state index in [0.717, 1.165) is 47.4 Å². The molecule has 0 radical (unpaired) electrons. The average molecular weight is 530 g/mol. The Hall–Kier alpha value is -4.35. The number of ether oxygens (including phenoxy) is 1. The van der Waals surface area contributed by atoms with E-state index in [1.54, 1.807) is 10.6 Å². The van der Waals surface area contributed by atoms with Crippen LogP contribution in [0.1, 0.15) is 48.5 Å². The molecule has 1 N–H and O–H groups in total. The number of methoxy groups -OCH3 is 1. The smallest absolute Gasteiger partial charge is 0.407 e. The lowest BCUT2D eigenvalue weighted by atomic mass is 9.91. The summed E-state index contributed by atoms with van der Waals surface area (Å²) >= 11 is 1.29. The normalized spacial score (nSPS) is 17.1. The highest BCUT2D eigenvalue weighted by atomic mass is 32.2. The van der Waals surface area contributed by atoms with Crippen LogP contribution in [-0.4, -0.2) is 38.6 Å². The van der Waals surface area contributed by atoms with Crippen LogP contribution in [0.3, 0.4) is 0 Å². The third-order valence-electron chi connectivity index (χ3n) is 6.88. The van der Waals surface area contributed by atoms with E-state index in [1.165, 1.54) is 37.2 Å². The molecule has 3 aromatic heterocycles. The van der Waals surface area contributed by atoms with Crippen molar-refractivity contribution in [3.63, 3.8) is 0 Å². The van der Waals surface area contributed by atoms with Gasteiger partial charge in [-0.25, -0.2) is 13.7 Å². The van der Waals surface area contributed by atoms with Crippen LogP contribution in [0.25, 0.3) is 16.6 Å². The number of hydrogen-bond donors (Lipinski definition) is 1. The summed E-state index contributed by atoms with van der Waals surface area (Å²) in [5.41, 5.74) is 4.03. The molecule has 1 amide bonds. The lowest BCUT2D eigenvalue weighted by molar-refractivity contribution is 0.160. The van der Waals surface area contributed by atoms with Crippen molar-refractivity contribution in [2.45, 2.75) is 54.5 Å². The van der Waals surface area contributed by atoms with Crippen molar-refractivity contribution >= 4 is 23.4 Å². The van der Waals surface area contributed by atoms with Gasteiger partial charge in [-0.1, -0.05) is 11.8 Å². The number of pyridine rings is 1. The third kappa shape index (κ3) is 4.81. The van der Waals surface area contributed by atoms with Crippen molar-refractivity contribution in [3.8, 4) is 23.3 Å². The predicted octanol–water partition coefficient (Wildman–Crippen LogP) is 5.38. The molecule has 1 aromatic carbocycles.